The fourth-order valence-electron chi connectivity index (χ4n) is 2.11. The summed E-state index contributed by atoms with van der Waals surface area (Å²) in [5.74, 6) is 1.35. The van der Waals surface area contributed by atoms with Gasteiger partial charge in [0.2, 0.25) is 0 Å². The molecule has 0 aromatic heterocycles. The number of ether oxygens (including phenoxy) is 2. The summed E-state index contributed by atoms with van der Waals surface area (Å²) in [6.45, 7) is 1.46. The van der Waals surface area contributed by atoms with Crippen molar-refractivity contribution in [2.45, 2.75) is 5.41 Å². The fraction of sp³-hybridized carbons (Fsp3) is 0.417. The van der Waals surface area contributed by atoms with E-state index in [1.807, 2.05) is 18.2 Å². The molecule has 1 saturated heterocycles. The van der Waals surface area contributed by atoms with Crippen molar-refractivity contribution in [3.05, 3.63) is 23.8 Å². The van der Waals surface area contributed by atoms with Gasteiger partial charge in [0.15, 0.2) is 6.61 Å². The van der Waals surface area contributed by atoms with Crippen molar-refractivity contribution in [1.82, 2.24) is 0 Å². The van der Waals surface area contributed by atoms with E-state index in [0.717, 1.165) is 22.8 Å². The Hall–Kier alpha value is -1.20. The van der Waals surface area contributed by atoms with Crippen LogP contribution >= 0.6 is 12.6 Å². The van der Waals surface area contributed by atoms with Crippen molar-refractivity contribution in [3.63, 3.8) is 0 Å². The first-order valence-electron chi connectivity index (χ1n) is 5.49. The van der Waals surface area contributed by atoms with E-state index >= 15 is 0 Å². The van der Waals surface area contributed by atoms with Crippen molar-refractivity contribution in [3.8, 4) is 5.75 Å². The first-order chi connectivity index (χ1) is 8.23. The van der Waals surface area contributed by atoms with Gasteiger partial charge in [-0.2, -0.15) is 12.6 Å². The second-order valence-corrected chi connectivity index (χ2v) is 4.80. The summed E-state index contributed by atoms with van der Waals surface area (Å²) in [6.07, 6.45) is 0. The van der Waals surface area contributed by atoms with E-state index in [4.69, 9.17) is 9.47 Å². The highest BCUT2D eigenvalue weighted by Gasteiger charge is 2.39. The van der Waals surface area contributed by atoms with Crippen LogP contribution in [0.4, 0.5) is 5.69 Å². The van der Waals surface area contributed by atoms with E-state index in [2.05, 4.69) is 17.9 Å². The van der Waals surface area contributed by atoms with E-state index in [1.165, 1.54) is 0 Å². The molecule has 1 aromatic rings. The zero-order valence-electron chi connectivity index (χ0n) is 9.23. The molecule has 0 bridgehead atoms. The number of amides is 1. The van der Waals surface area contributed by atoms with Gasteiger partial charge in [-0.1, -0.05) is 6.07 Å². The fourth-order valence-corrected chi connectivity index (χ4v) is 2.48. The third-order valence-electron chi connectivity index (χ3n) is 3.28. The van der Waals surface area contributed by atoms with E-state index < -0.39 is 0 Å². The molecule has 3 rings (SSSR count). The van der Waals surface area contributed by atoms with Crippen molar-refractivity contribution < 1.29 is 14.3 Å². The molecule has 1 aromatic carbocycles. The number of fused-ring (bicyclic) bond motifs is 1. The summed E-state index contributed by atoms with van der Waals surface area (Å²) in [7, 11) is 0. The zero-order valence-corrected chi connectivity index (χ0v) is 10.1. The summed E-state index contributed by atoms with van der Waals surface area (Å²) in [4.78, 5) is 11.3. The summed E-state index contributed by atoms with van der Waals surface area (Å²) < 4.78 is 10.6. The van der Waals surface area contributed by atoms with Crippen LogP contribution < -0.4 is 10.1 Å². The molecule has 90 valence electrons. The van der Waals surface area contributed by atoms with E-state index in [1.54, 1.807) is 0 Å². The minimum absolute atomic E-state index is 0.0136. The molecule has 0 radical (unpaired) electrons. The summed E-state index contributed by atoms with van der Waals surface area (Å²) >= 11 is 4.39. The standard InChI is InChI=1S/C12H13NO3S/c14-11-4-16-10-2-1-8(3-9(10)13-11)12(7-17)5-15-6-12/h1-3,17H,4-7H2,(H,13,14). The van der Waals surface area contributed by atoms with Gasteiger partial charge in [0.1, 0.15) is 5.75 Å². The highest BCUT2D eigenvalue weighted by molar-refractivity contribution is 7.80. The predicted octanol–water partition coefficient (Wildman–Crippen LogP) is 1.22. The van der Waals surface area contributed by atoms with Gasteiger partial charge in [0.05, 0.1) is 24.3 Å². The number of rotatable bonds is 2. The van der Waals surface area contributed by atoms with Crippen LogP contribution in [0.1, 0.15) is 5.56 Å². The molecule has 2 heterocycles. The SMILES string of the molecule is O=C1COc2ccc(C3(CS)COC3)cc2N1. The number of thiol groups is 1. The lowest BCUT2D eigenvalue weighted by Gasteiger charge is -2.41. The van der Waals surface area contributed by atoms with Gasteiger partial charge in [-0.3, -0.25) is 4.79 Å². The van der Waals surface area contributed by atoms with Crippen LogP contribution in [0.25, 0.3) is 0 Å². The molecule has 0 spiro atoms. The molecule has 1 amide bonds. The lowest BCUT2D eigenvalue weighted by molar-refractivity contribution is -0.118. The van der Waals surface area contributed by atoms with Crippen LogP contribution in [0.3, 0.4) is 0 Å². The third-order valence-corrected chi connectivity index (χ3v) is 3.89. The van der Waals surface area contributed by atoms with Crippen LogP contribution in [0.2, 0.25) is 0 Å². The Morgan fingerprint density at radius 1 is 1.41 bits per heavy atom. The van der Waals surface area contributed by atoms with E-state index in [0.29, 0.717) is 13.2 Å². The quantitative estimate of drug-likeness (QED) is 0.777. The Bertz CT molecular complexity index is 465. The molecule has 1 N–H and O–H groups in total. The number of benzene rings is 1. The largest absolute Gasteiger partial charge is 0.482 e. The minimum atomic E-state index is -0.112. The van der Waals surface area contributed by atoms with Gasteiger partial charge in [-0.05, 0) is 17.7 Å². The van der Waals surface area contributed by atoms with E-state index in [-0.39, 0.29) is 17.9 Å². The molecule has 4 nitrogen and oxygen atoms in total. The third kappa shape index (κ3) is 1.70. The molecule has 0 aliphatic carbocycles. The Balaban J connectivity index is 1.97. The van der Waals surface area contributed by atoms with Gasteiger partial charge in [-0.25, -0.2) is 0 Å². The predicted molar refractivity (Wildman–Crippen MR) is 66.9 cm³/mol. The zero-order chi connectivity index (χ0) is 11.9. The molecular weight excluding hydrogens is 238 g/mol. The molecule has 0 atom stereocenters. The first kappa shape index (κ1) is 10.9. The number of anilines is 1. The molecule has 5 heteroatoms. The maximum absolute atomic E-state index is 11.3. The average Bonchev–Trinajstić information content (AvgIpc) is 2.28. The van der Waals surface area contributed by atoms with Gasteiger partial charge in [0, 0.05) is 5.75 Å². The monoisotopic (exact) mass is 251 g/mol. The van der Waals surface area contributed by atoms with Crippen molar-refractivity contribution in [2.75, 3.05) is 30.9 Å². The Morgan fingerprint density at radius 3 is 2.88 bits per heavy atom. The summed E-state index contributed by atoms with van der Waals surface area (Å²) in [5, 5.41) is 2.81. The molecular formula is C12H13NO3S. The number of carbonyl (C=O) groups is 1. The number of hydrogen-bond acceptors (Lipinski definition) is 4. The highest BCUT2D eigenvalue weighted by atomic mass is 32.1. The lowest BCUT2D eigenvalue weighted by Crippen LogP contribution is -2.48. The number of nitrogens with one attached hydrogen (secondary N) is 1. The van der Waals surface area contributed by atoms with Crippen molar-refractivity contribution in [2.24, 2.45) is 0 Å². The van der Waals surface area contributed by atoms with E-state index in [9.17, 15) is 4.79 Å². The summed E-state index contributed by atoms with van der Waals surface area (Å²) in [5.41, 5.74) is 1.87. The molecule has 1 fully saturated rings. The molecule has 0 unspecified atom stereocenters. The van der Waals surface area contributed by atoms with Crippen molar-refractivity contribution in [1.29, 1.82) is 0 Å². The van der Waals surface area contributed by atoms with Gasteiger partial charge in [0.25, 0.3) is 5.91 Å². The van der Waals surface area contributed by atoms with Crippen LogP contribution in [-0.4, -0.2) is 31.5 Å². The average molecular weight is 251 g/mol. The normalized spacial score (nSPS) is 20.9. The van der Waals surface area contributed by atoms with Crippen LogP contribution in [0, 0.1) is 0 Å². The maximum Gasteiger partial charge on any atom is 0.262 e. The lowest BCUT2D eigenvalue weighted by atomic mass is 9.80. The Labute approximate surface area is 105 Å². The smallest absolute Gasteiger partial charge is 0.262 e. The van der Waals surface area contributed by atoms with Crippen LogP contribution in [0.15, 0.2) is 18.2 Å². The second kappa shape index (κ2) is 3.92. The number of hydrogen-bond donors (Lipinski definition) is 2. The van der Waals surface area contributed by atoms with Crippen LogP contribution in [0.5, 0.6) is 5.75 Å². The molecule has 0 saturated carbocycles. The van der Waals surface area contributed by atoms with Crippen LogP contribution in [-0.2, 0) is 14.9 Å². The molecule has 2 aliphatic rings. The van der Waals surface area contributed by atoms with Gasteiger partial charge < -0.3 is 14.8 Å². The number of carbonyl (C=O) groups excluding carboxylic acids is 1. The molecule has 17 heavy (non-hydrogen) atoms. The molecule has 2 aliphatic heterocycles. The Kier molecular flexibility index (Phi) is 2.52. The summed E-state index contributed by atoms with van der Waals surface area (Å²) in [6, 6.07) is 5.88. The van der Waals surface area contributed by atoms with Gasteiger partial charge >= 0.3 is 0 Å². The van der Waals surface area contributed by atoms with Gasteiger partial charge in [-0.15, -0.1) is 0 Å². The minimum Gasteiger partial charge on any atom is -0.482 e. The Morgan fingerprint density at radius 2 is 2.24 bits per heavy atom. The topological polar surface area (TPSA) is 47.6 Å². The van der Waals surface area contributed by atoms with Crippen molar-refractivity contribution >= 4 is 24.2 Å². The maximum atomic E-state index is 11.3. The first-order valence-corrected chi connectivity index (χ1v) is 6.13. The second-order valence-electron chi connectivity index (χ2n) is 4.48. The highest BCUT2D eigenvalue weighted by Crippen LogP contribution is 2.38.